The molecule has 0 unspecified atom stereocenters. The summed E-state index contributed by atoms with van der Waals surface area (Å²) < 4.78 is 1.83. The van der Waals surface area contributed by atoms with Crippen molar-refractivity contribution in [3.8, 4) is 0 Å². The SMILES string of the molecule is CCCNCc1ncn(Cc2nc(C)cs2)n1. The highest BCUT2D eigenvalue weighted by atomic mass is 32.1. The van der Waals surface area contributed by atoms with Crippen LogP contribution in [0.5, 0.6) is 0 Å². The maximum Gasteiger partial charge on any atom is 0.164 e. The van der Waals surface area contributed by atoms with E-state index in [4.69, 9.17) is 0 Å². The number of nitrogens with zero attached hydrogens (tertiary/aromatic N) is 4. The van der Waals surface area contributed by atoms with E-state index in [1.54, 1.807) is 17.7 Å². The van der Waals surface area contributed by atoms with Crippen LogP contribution in [0.2, 0.25) is 0 Å². The Morgan fingerprint density at radius 1 is 1.47 bits per heavy atom. The number of hydrogen-bond acceptors (Lipinski definition) is 5. The molecule has 0 saturated carbocycles. The lowest BCUT2D eigenvalue weighted by Crippen LogP contribution is -2.15. The average molecular weight is 251 g/mol. The quantitative estimate of drug-likeness (QED) is 0.792. The molecule has 0 radical (unpaired) electrons. The first-order valence-electron chi connectivity index (χ1n) is 5.78. The smallest absolute Gasteiger partial charge is 0.164 e. The molecule has 0 aliphatic carbocycles. The van der Waals surface area contributed by atoms with E-state index in [0.29, 0.717) is 6.54 Å². The van der Waals surface area contributed by atoms with Crippen LogP contribution in [0.3, 0.4) is 0 Å². The van der Waals surface area contributed by atoms with Gasteiger partial charge in [0.15, 0.2) is 5.82 Å². The van der Waals surface area contributed by atoms with Gasteiger partial charge in [-0.15, -0.1) is 11.3 Å². The topological polar surface area (TPSA) is 55.6 Å². The molecule has 0 aromatic carbocycles. The van der Waals surface area contributed by atoms with Gasteiger partial charge in [-0.1, -0.05) is 6.92 Å². The molecule has 0 amide bonds. The minimum Gasteiger partial charge on any atom is -0.310 e. The molecule has 0 spiro atoms. The fourth-order valence-electron chi connectivity index (χ4n) is 1.48. The summed E-state index contributed by atoms with van der Waals surface area (Å²) >= 11 is 1.66. The molecule has 6 heteroatoms. The Kier molecular flexibility index (Phi) is 4.22. The van der Waals surface area contributed by atoms with Crippen molar-refractivity contribution in [1.29, 1.82) is 0 Å². The second-order valence-electron chi connectivity index (χ2n) is 3.92. The summed E-state index contributed by atoms with van der Waals surface area (Å²) in [5, 5.41) is 10.8. The van der Waals surface area contributed by atoms with Gasteiger partial charge in [0.1, 0.15) is 11.3 Å². The zero-order chi connectivity index (χ0) is 12.1. The van der Waals surface area contributed by atoms with Crippen LogP contribution in [0.1, 0.15) is 29.9 Å². The van der Waals surface area contributed by atoms with Crippen LogP contribution in [-0.2, 0) is 13.1 Å². The normalized spacial score (nSPS) is 10.9. The van der Waals surface area contributed by atoms with Crippen molar-refractivity contribution in [2.75, 3.05) is 6.54 Å². The molecular formula is C11H17N5S. The highest BCUT2D eigenvalue weighted by molar-refractivity contribution is 7.09. The lowest BCUT2D eigenvalue weighted by Gasteiger charge is -1.98. The molecule has 5 nitrogen and oxygen atoms in total. The van der Waals surface area contributed by atoms with E-state index in [-0.39, 0.29) is 0 Å². The van der Waals surface area contributed by atoms with Crippen LogP contribution in [0.4, 0.5) is 0 Å². The molecule has 92 valence electrons. The maximum atomic E-state index is 4.40. The molecule has 2 rings (SSSR count). The summed E-state index contributed by atoms with van der Waals surface area (Å²) in [5.41, 5.74) is 1.06. The molecule has 2 aromatic rings. The summed E-state index contributed by atoms with van der Waals surface area (Å²) in [6, 6.07) is 0. The lowest BCUT2D eigenvalue weighted by atomic mass is 10.5. The van der Waals surface area contributed by atoms with Crippen LogP contribution >= 0.6 is 11.3 Å². The fourth-order valence-corrected chi connectivity index (χ4v) is 2.24. The van der Waals surface area contributed by atoms with Crippen LogP contribution in [-0.4, -0.2) is 26.3 Å². The van der Waals surface area contributed by atoms with Gasteiger partial charge in [0.25, 0.3) is 0 Å². The standard InChI is InChI=1S/C11H17N5S/c1-3-4-12-5-10-13-8-16(15-10)6-11-14-9(2)7-17-11/h7-8,12H,3-6H2,1-2H3. The van der Waals surface area contributed by atoms with Crippen LogP contribution in [0.15, 0.2) is 11.7 Å². The summed E-state index contributed by atoms with van der Waals surface area (Å²) in [4.78, 5) is 8.66. The van der Waals surface area contributed by atoms with Crippen LogP contribution < -0.4 is 5.32 Å². The van der Waals surface area contributed by atoms with Crippen molar-refractivity contribution >= 4 is 11.3 Å². The molecule has 0 fully saturated rings. The minimum absolute atomic E-state index is 0.708. The number of rotatable bonds is 6. The first-order valence-corrected chi connectivity index (χ1v) is 6.66. The third-order valence-electron chi connectivity index (χ3n) is 2.26. The van der Waals surface area contributed by atoms with Gasteiger partial charge in [0.05, 0.1) is 13.1 Å². The van der Waals surface area contributed by atoms with Gasteiger partial charge in [-0.05, 0) is 19.9 Å². The molecule has 0 aliphatic heterocycles. The molecule has 1 N–H and O–H groups in total. The van der Waals surface area contributed by atoms with E-state index in [1.165, 1.54) is 0 Å². The van der Waals surface area contributed by atoms with Crippen molar-refractivity contribution in [1.82, 2.24) is 25.1 Å². The third kappa shape index (κ3) is 3.61. The van der Waals surface area contributed by atoms with Crippen molar-refractivity contribution in [2.45, 2.75) is 33.4 Å². The van der Waals surface area contributed by atoms with Gasteiger partial charge in [-0.25, -0.2) is 14.6 Å². The predicted molar refractivity (Wildman–Crippen MR) is 68.0 cm³/mol. The number of aromatic nitrogens is 4. The van der Waals surface area contributed by atoms with Gasteiger partial charge in [-0.3, -0.25) is 0 Å². The number of nitrogens with one attached hydrogen (secondary N) is 1. The number of aryl methyl sites for hydroxylation is 1. The zero-order valence-corrected chi connectivity index (χ0v) is 11.0. The zero-order valence-electron chi connectivity index (χ0n) is 10.2. The van der Waals surface area contributed by atoms with Crippen molar-refractivity contribution < 1.29 is 0 Å². The Hall–Kier alpha value is -1.27. The minimum atomic E-state index is 0.708. The molecule has 2 heterocycles. The van der Waals surface area contributed by atoms with E-state index in [1.807, 2.05) is 11.6 Å². The van der Waals surface area contributed by atoms with Gasteiger partial charge in [-0.2, -0.15) is 5.10 Å². The first-order chi connectivity index (χ1) is 8.28. The second kappa shape index (κ2) is 5.88. The molecule has 0 aliphatic rings. The molecule has 2 aromatic heterocycles. The van der Waals surface area contributed by atoms with Crippen LogP contribution in [0, 0.1) is 6.92 Å². The molecule has 0 saturated heterocycles. The Labute approximate surface area is 105 Å². The Morgan fingerprint density at radius 2 is 2.35 bits per heavy atom. The van der Waals surface area contributed by atoms with E-state index in [2.05, 4.69) is 32.7 Å². The van der Waals surface area contributed by atoms with Gasteiger partial charge >= 0.3 is 0 Å². The highest BCUT2D eigenvalue weighted by Gasteiger charge is 2.03. The van der Waals surface area contributed by atoms with Gasteiger partial charge < -0.3 is 5.32 Å². The number of hydrogen-bond donors (Lipinski definition) is 1. The highest BCUT2D eigenvalue weighted by Crippen LogP contribution is 2.09. The summed E-state index contributed by atoms with van der Waals surface area (Å²) in [5.74, 6) is 0.840. The maximum absolute atomic E-state index is 4.40. The summed E-state index contributed by atoms with van der Waals surface area (Å²) in [6.45, 7) is 6.59. The molecular weight excluding hydrogens is 234 g/mol. The van der Waals surface area contributed by atoms with Crippen molar-refractivity contribution in [3.63, 3.8) is 0 Å². The molecule has 0 bridgehead atoms. The van der Waals surface area contributed by atoms with E-state index in [0.717, 1.165) is 36.0 Å². The molecule has 17 heavy (non-hydrogen) atoms. The Morgan fingerprint density at radius 3 is 3.06 bits per heavy atom. The lowest BCUT2D eigenvalue weighted by molar-refractivity contribution is 0.624. The largest absolute Gasteiger partial charge is 0.310 e. The monoisotopic (exact) mass is 251 g/mol. The van der Waals surface area contributed by atoms with Gasteiger partial charge in [0, 0.05) is 11.1 Å². The van der Waals surface area contributed by atoms with Crippen molar-refractivity contribution in [3.05, 3.63) is 28.2 Å². The predicted octanol–water partition coefficient (Wildman–Crippen LogP) is 1.59. The summed E-state index contributed by atoms with van der Waals surface area (Å²) in [7, 11) is 0. The number of thiazole rings is 1. The second-order valence-corrected chi connectivity index (χ2v) is 4.86. The summed E-state index contributed by atoms with van der Waals surface area (Å²) in [6.07, 6.45) is 2.89. The Bertz CT molecular complexity index is 462. The van der Waals surface area contributed by atoms with E-state index in [9.17, 15) is 0 Å². The van der Waals surface area contributed by atoms with Crippen molar-refractivity contribution in [2.24, 2.45) is 0 Å². The molecule has 0 atom stereocenters. The first kappa shape index (κ1) is 12.2. The Balaban J connectivity index is 1.89. The van der Waals surface area contributed by atoms with E-state index >= 15 is 0 Å². The average Bonchev–Trinajstić information content (AvgIpc) is 2.90. The fraction of sp³-hybridized carbons (Fsp3) is 0.545. The van der Waals surface area contributed by atoms with E-state index < -0.39 is 0 Å². The van der Waals surface area contributed by atoms with Crippen LogP contribution in [0.25, 0.3) is 0 Å². The third-order valence-corrected chi connectivity index (χ3v) is 3.21. The van der Waals surface area contributed by atoms with Gasteiger partial charge in [0.2, 0.25) is 0 Å².